The number of piperidine rings is 1. The molecule has 0 unspecified atom stereocenters. The Morgan fingerprint density at radius 3 is 2.47 bits per heavy atom. The van der Waals surface area contributed by atoms with Crippen molar-refractivity contribution in [3.8, 4) is 0 Å². The van der Waals surface area contributed by atoms with Gasteiger partial charge in [0.05, 0.1) is 16.8 Å². The monoisotopic (exact) mass is 414 g/mol. The quantitative estimate of drug-likeness (QED) is 0.548. The van der Waals surface area contributed by atoms with Crippen molar-refractivity contribution in [2.24, 2.45) is 5.41 Å². The van der Waals surface area contributed by atoms with E-state index >= 15 is 0 Å². The SMILES string of the molecule is CCCCNc1ccccc1N1CCCCC1.C[C@@]1(C(=O)O)C=CC=C(C(=O)O)C1. The summed E-state index contributed by atoms with van der Waals surface area (Å²) in [7, 11) is 0. The number of rotatable bonds is 7. The molecule has 0 amide bonds. The summed E-state index contributed by atoms with van der Waals surface area (Å²) in [5, 5.41) is 21.1. The standard InChI is InChI=1S/C15H24N2.C9H10O4/c1-2-3-11-16-14-9-5-6-10-15(14)17-12-7-4-8-13-17;1-9(8(12)13)4-2-3-6(5-9)7(10)11/h5-6,9-10,16H,2-4,7-8,11-13H2,1H3;2-4H,5H2,1H3,(H,10,11)(H,12,13)/t;9-/m.1/s1. The second kappa shape index (κ2) is 11.4. The number of nitrogens with one attached hydrogen (secondary N) is 1. The number of benzene rings is 1. The molecule has 1 aliphatic carbocycles. The van der Waals surface area contributed by atoms with Crippen LogP contribution in [0, 0.1) is 5.41 Å². The summed E-state index contributed by atoms with van der Waals surface area (Å²) in [5.41, 5.74) is 1.75. The molecule has 0 radical (unpaired) electrons. The number of anilines is 2. The predicted octanol–water partition coefficient (Wildman–Crippen LogP) is 4.94. The Morgan fingerprint density at radius 1 is 1.13 bits per heavy atom. The van der Waals surface area contributed by atoms with Gasteiger partial charge in [0.1, 0.15) is 0 Å². The fourth-order valence-corrected chi connectivity index (χ4v) is 3.62. The van der Waals surface area contributed by atoms with E-state index in [0.29, 0.717) is 0 Å². The van der Waals surface area contributed by atoms with Crippen molar-refractivity contribution < 1.29 is 19.8 Å². The van der Waals surface area contributed by atoms with Gasteiger partial charge in [-0.15, -0.1) is 0 Å². The maximum Gasteiger partial charge on any atom is 0.331 e. The normalized spacial score (nSPS) is 20.6. The minimum absolute atomic E-state index is 0.0359. The topological polar surface area (TPSA) is 89.9 Å². The van der Waals surface area contributed by atoms with Gasteiger partial charge in [-0.05, 0) is 51.2 Å². The van der Waals surface area contributed by atoms with E-state index in [1.807, 2.05) is 0 Å². The number of hydrogen-bond acceptors (Lipinski definition) is 4. The van der Waals surface area contributed by atoms with E-state index in [1.165, 1.54) is 81.7 Å². The van der Waals surface area contributed by atoms with Crippen LogP contribution in [0.2, 0.25) is 0 Å². The van der Waals surface area contributed by atoms with E-state index in [1.54, 1.807) is 0 Å². The third-order valence-corrected chi connectivity index (χ3v) is 5.53. The van der Waals surface area contributed by atoms with E-state index in [-0.39, 0.29) is 12.0 Å². The van der Waals surface area contributed by atoms with Crippen molar-refractivity contribution >= 4 is 23.3 Å². The van der Waals surface area contributed by atoms with Crippen LogP contribution < -0.4 is 10.2 Å². The molecular formula is C24H34N2O4. The van der Waals surface area contributed by atoms with Crippen molar-refractivity contribution in [2.75, 3.05) is 29.9 Å². The van der Waals surface area contributed by atoms with Gasteiger partial charge in [-0.3, -0.25) is 4.79 Å². The first-order chi connectivity index (χ1) is 14.4. The molecule has 1 aromatic carbocycles. The molecule has 0 saturated carbocycles. The highest BCUT2D eigenvalue weighted by atomic mass is 16.4. The van der Waals surface area contributed by atoms with E-state index in [9.17, 15) is 9.59 Å². The smallest absolute Gasteiger partial charge is 0.331 e. The highest BCUT2D eigenvalue weighted by Crippen LogP contribution is 2.31. The van der Waals surface area contributed by atoms with Crippen molar-refractivity contribution in [2.45, 2.75) is 52.4 Å². The van der Waals surface area contributed by atoms with Crippen LogP contribution in [-0.2, 0) is 9.59 Å². The van der Waals surface area contributed by atoms with Crippen molar-refractivity contribution in [3.05, 3.63) is 48.1 Å². The number of hydrogen-bond donors (Lipinski definition) is 3. The molecule has 3 rings (SSSR count). The molecule has 1 heterocycles. The van der Waals surface area contributed by atoms with Crippen LogP contribution in [0.25, 0.3) is 0 Å². The number of carbonyl (C=O) groups is 2. The molecule has 2 aliphatic rings. The number of allylic oxidation sites excluding steroid dienone is 2. The first-order valence-corrected chi connectivity index (χ1v) is 10.8. The summed E-state index contributed by atoms with van der Waals surface area (Å²) in [6.07, 6.45) is 11.0. The van der Waals surface area contributed by atoms with Gasteiger partial charge in [0.15, 0.2) is 0 Å². The van der Waals surface area contributed by atoms with Crippen LogP contribution >= 0.6 is 0 Å². The largest absolute Gasteiger partial charge is 0.481 e. The minimum Gasteiger partial charge on any atom is -0.481 e. The van der Waals surface area contributed by atoms with Crippen LogP contribution in [0.1, 0.15) is 52.4 Å². The average Bonchev–Trinajstić information content (AvgIpc) is 2.75. The molecule has 0 aromatic heterocycles. The van der Waals surface area contributed by atoms with Gasteiger partial charge >= 0.3 is 11.9 Å². The fourth-order valence-electron chi connectivity index (χ4n) is 3.62. The van der Waals surface area contributed by atoms with Gasteiger partial charge in [0, 0.05) is 25.2 Å². The zero-order chi connectivity index (χ0) is 22.0. The lowest BCUT2D eigenvalue weighted by atomic mass is 9.80. The highest BCUT2D eigenvalue weighted by molar-refractivity contribution is 5.90. The van der Waals surface area contributed by atoms with Crippen molar-refractivity contribution in [1.29, 1.82) is 0 Å². The van der Waals surface area contributed by atoms with Gasteiger partial charge in [0.2, 0.25) is 0 Å². The van der Waals surface area contributed by atoms with Gasteiger partial charge in [-0.2, -0.15) is 0 Å². The van der Waals surface area contributed by atoms with Crippen LogP contribution in [0.4, 0.5) is 11.4 Å². The number of aliphatic carboxylic acids is 2. The summed E-state index contributed by atoms with van der Waals surface area (Å²) < 4.78 is 0. The summed E-state index contributed by atoms with van der Waals surface area (Å²) in [5.74, 6) is -2.06. The Kier molecular flexibility index (Phi) is 8.96. The maximum atomic E-state index is 10.8. The van der Waals surface area contributed by atoms with Crippen LogP contribution in [-0.4, -0.2) is 41.8 Å². The molecule has 0 spiro atoms. The second-order valence-electron chi connectivity index (χ2n) is 8.10. The lowest BCUT2D eigenvalue weighted by Crippen LogP contribution is -2.30. The van der Waals surface area contributed by atoms with Crippen LogP contribution in [0.3, 0.4) is 0 Å². The number of nitrogens with zero attached hydrogens (tertiary/aromatic N) is 1. The Morgan fingerprint density at radius 2 is 1.83 bits per heavy atom. The Balaban J connectivity index is 0.000000222. The number of carboxylic acids is 2. The Hall–Kier alpha value is -2.76. The minimum atomic E-state index is -1.08. The molecule has 3 N–H and O–H groups in total. The van der Waals surface area contributed by atoms with E-state index < -0.39 is 17.4 Å². The third kappa shape index (κ3) is 6.65. The maximum absolute atomic E-state index is 10.8. The number of para-hydroxylation sites is 2. The average molecular weight is 415 g/mol. The molecule has 1 fully saturated rings. The number of carboxylic acid groups (broad SMARTS) is 2. The van der Waals surface area contributed by atoms with Gasteiger partial charge < -0.3 is 20.4 Å². The second-order valence-corrected chi connectivity index (χ2v) is 8.10. The van der Waals surface area contributed by atoms with Crippen LogP contribution in [0.5, 0.6) is 0 Å². The van der Waals surface area contributed by atoms with Crippen molar-refractivity contribution in [1.82, 2.24) is 0 Å². The lowest BCUT2D eigenvalue weighted by Gasteiger charge is -2.30. The predicted molar refractivity (Wildman–Crippen MR) is 121 cm³/mol. The first-order valence-electron chi connectivity index (χ1n) is 10.8. The van der Waals surface area contributed by atoms with Crippen molar-refractivity contribution in [3.63, 3.8) is 0 Å². The lowest BCUT2D eigenvalue weighted by molar-refractivity contribution is -0.145. The molecule has 1 aromatic rings. The molecule has 1 saturated heterocycles. The zero-order valence-corrected chi connectivity index (χ0v) is 18.1. The molecule has 6 nitrogen and oxygen atoms in total. The van der Waals surface area contributed by atoms with Crippen LogP contribution in [0.15, 0.2) is 48.1 Å². The molecule has 0 bridgehead atoms. The summed E-state index contributed by atoms with van der Waals surface area (Å²) in [4.78, 5) is 23.9. The third-order valence-electron chi connectivity index (χ3n) is 5.53. The zero-order valence-electron chi connectivity index (χ0n) is 18.1. The molecule has 164 valence electrons. The van der Waals surface area contributed by atoms with Gasteiger partial charge in [-0.25, -0.2) is 4.79 Å². The molecular weight excluding hydrogens is 380 g/mol. The summed E-state index contributed by atoms with van der Waals surface area (Å²) >= 11 is 0. The molecule has 1 atom stereocenters. The highest BCUT2D eigenvalue weighted by Gasteiger charge is 2.34. The molecule has 6 heteroatoms. The fraction of sp³-hybridized carbons (Fsp3) is 0.500. The first kappa shape index (κ1) is 23.5. The van der Waals surface area contributed by atoms with E-state index in [4.69, 9.17) is 10.2 Å². The van der Waals surface area contributed by atoms with Gasteiger partial charge in [0.25, 0.3) is 0 Å². The Labute approximate surface area is 179 Å². The van der Waals surface area contributed by atoms with E-state index in [0.717, 1.165) is 6.54 Å². The molecule has 1 aliphatic heterocycles. The number of unbranched alkanes of at least 4 members (excludes halogenated alkanes) is 1. The Bertz CT molecular complexity index is 781. The van der Waals surface area contributed by atoms with E-state index in [2.05, 4.69) is 41.4 Å². The molecule has 30 heavy (non-hydrogen) atoms. The van der Waals surface area contributed by atoms with Gasteiger partial charge in [-0.1, -0.05) is 43.7 Å². The summed E-state index contributed by atoms with van der Waals surface area (Å²) in [6.45, 7) is 7.25. The summed E-state index contributed by atoms with van der Waals surface area (Å²) in [6, 6.07) is 8.73.